The molecule has 3 aromatic rings. The quantitative estimate of drug-likeness (QED) is 0.419. The average Bonchev–Trinajstić information content (AvgIpc) is 2.98. The maximum Gasteiger partial charge on any atom is 0.203 e. The molecule has 0 radical (unpaired) electrons. The Hall–Kier alpha value is -3.09. The number of benzene rings is 1. The van der Waals surface area contributed by atoms with E-state index in [1.54, 1.807) is 11.6 Å². The lowest BCUT2D eigenvalue weighted by molar-refractivity contribution is 0.126. The van der Waals surface area contributed by atoms with Crippen LogP contribution in [0.1, 0.15) is 22.8 Å². The Morgan fingerprint density at radius 1 is 1.09 bits per heavy atom. The molecule has 23 heavy (non-hydrogen) atoms. The van der Waals surface area contributed by atoms with Crippen LogP contribution in [0.2, 0.25) is 0 Å². The van der Waals surface area contributed by atoms with Crippen molar-refractivity contribution in [1.82, 2.24) is 25.2 Å². The molecule has 0 saturated carbocycles. The van der Waals surface area contributed by atoms with Crippen LogP contribution in [0, 0.1) is 13.8 Å². The highest BCUT2D eigenvalue weighted by atomic mass is 16.6. The lowest BCUT2D eigenvalue weighted by Crippen LogP contribution is -2.17. The van der Waals surface area contributed by atoms with Crippen molar-refractivity contribution in [3.8, 4) is 0 Å². The summed E-state index contributed by atoms with van der Waals surface area (Å²) in [7, 11) is 0. The lowest BCUT2D eigenvalue weighted by atomic mass is 10.2. The Morgan fingerprint density at radius 2 is 1.91 bits per heavy atom. The molecule has 3 rings (SSSR count). The van der Waals surface area contributed by atoms with Gasteiger partial charge in [-0.05, 0) is 36.4 Å². The highest BCUT2D eigenvalue weighted by Gasteiger charge is 2.12. The van der Waals surface area contributed by atoms with Gasteiger partial charge in [-0.15, -0.1) is 5.10 Å². The van der Waals surface area contributed by atoms with Crippen molar-refractivity contribution in [3.63, 3.8) is 0 Å². The van der Waals surface area contributed by atoms with Gasteiger partial charge in [0, 0.05) is 11.3 Å². The third kappa shape index (κ3) is 3.57. The van der Waals surface area contributed by atoms with Crippen LogP contribution >= 0.6 is 0 Å². The second-order valence-electron chi connectivity index (χ2n) is 4.96. The summed E-state index contributed by atoms with van der Waals surface area (Å²) in [6.07, 6.45) is 0. The minimum Gasteiger partial charge on any atom is -0.387 e. The number of hydrogen-bond acceptors (Lipinski definition) is 6. The van der Waals surface area contributed by atoms with E-state index in [9.17, 15) is 0 Å². The summed E-state index contributed by atoms with van der Waals surface area (Å²) in [4.78, 5) is 9.86. The van der Waals surface area contributed by atoms with Crippen LogP contribution in [0.15, 0.2) is 53.7 Å². The van der Waals surface area contributed by atoms with Crippen LogP contribution in [0.5, 0.6) is 0 Å². The van der Waals surface area contributed by atoms with Crippen LogP contribution in [-0.4, -0.2) is 31.0 Å². The molecular formula is C16H16N6O. The Balaban J connectivity index is 1.85. The molecular weight excluding hydrogens is 292 g/mol. The molecule has 0 unspecified atom stereocenters. The van der Waals surface area contributed by atoms with Crippen LogP contribution in [0.4, 0.5) is 0 Å². The summed E-state index contributed by atoms with van der Waals surface area (Å²) in [6, 6.07) is 15.4. The molecule has 0 aliphatic carbocycles. The van der Waals surface area contributed by atoms with E-state index in [-0.39, 0.29) is 6.61 Å². The summed E-state index contributed by atoms with van der Waals surface area (Å²) >= 11 is 0. The molecule has 0 N–H and O–H groups in total. The first kappa shape index (κ1) is 14.8. The number of aromatic nitrogens is 5. The SMILES string of the molecule is Cc1cccc(CON=C(c2ccccc2)n2nnnc2C)n1. The van der Waals surface area contributed by atoms with Gasteiger partial charge in [-0.3, -0.25) is 4.98 Å². The number of oxime groups is 1. The smallest absolute Gasteiger partial charge is 0.203 e. The first-order chi connectivity index (χ1) is 11.2. The summed E-state index contributed by atoms with van der Waals surface area (Å²) in [6.45, 7) is 4.02. The number of aryl methyl sites for hydroxylation is 2. The zero-order chi connectivity index (χ0) is 16.1. The van der Waals surface area contributed by atoms with Gasteiger partial charge in [-0.2, -0.15) is 4.68 Å². The molecule has 0 aliphatic rings. The van der Waals surface area contributed by atoms with Crippen molar-refractivity contribution >= 4 is 5.84 Å². The third-order valence-corrected chi connectivity index (χ3v) is 3.17. The number of rotatable bonds is 4. The normalized spacial score (nSPS) is 11.5. The zero-order valence-corrected chi connectivity index (χ0v) is 12.9. The van der Waals surface area contributed by atoms with Gasteiger partial charge in [0.15, 0.2) is 12.4 Å². The molecule has 0 spiro atoms. The average molecular weight is 308 g/mol. The molecule has 7 heteroatoms. The first-order valence-corrected chi connectivity index (χ1v) is 7.17. The van der Waals surface area contributed by atoms with Crippen molar-refractivity contribution < 1.29 is 4.84 Å². The number of nitrogens with zero attached hydrogens (tertiary/aromatic N) is 6. The van der Waals surface area contributed by atoms with Gasteiger partial charge in [0.1, 0.15) is 0 Å². The fourth-order valence-corrected chi connectivity index (χ4v) is 2.07. The first-order valence-electron chi connectivity index (χ1n) is 7.17. The molecule has 0 saturated heterocycles. The Labute approximate surface area is 133 Å². The van der Waals surface area contributed by atoms with Crippen molar-refractivity contribution in [1.29, 1.82) is 0 Å². The second kappa shape index (κ2) is 6.78. The van der Waals surface area contributed by atoms with Crippen LogP contribution in [0.3, 0.4) is 0 Å². The van der Waals surface area contributed by atoms with E-state index in [0.29, 0.717) is 11.7 Å². The van der Waals surface area contributed by atoms with E-state index >= 15 is 0 Å². The molecule has 0 bridgehead atoms. The summed E-state index contributed by atoms with van der Waals surface area (Å²) in [5, 5.41) is 15.7. The molecule has 7 nitrogen and oxygen atoms in total. The predicted molar refractivity (Wildman–Crippen MR) is 84.7 cm³/mol. The molecule has 1 aromatic carbocycles. The molecule has 0 atom stereocenters. The van der Waals surface area contributed by atoms with Gasteiger partial charge >= 0.3 is 0 Å². The molecule has 0 amide bonds. The molecule has 2 heterocycles. The minimum absolute atomic E-state index is 0.277. The maximum absolute atomic E-state index is 5.48. The van der Waals surface area contributed by atoms with E-state index in [2.05, 4.69) is 25.7 Å². The number of pyridine rings is 1. The van der Waals surface area contributed by atoms with Gasteiger partial charge in [-0.1, -0.05) is 41.6 Å². The minimum atomic E-state index is 0.277. The van der Waals surface area contributed by atoms with E-state index in [0.717, 1.165) is 17.0 Å². The van der Waals surface area contributed by atoms with Gasteiger partial charge in [0.2, 0.25) is 5.84 Å². The van der Waals surface area contributed by atoms with Crippen molar-refractivity contribution in [2.75, 3.05) is 0 Å². The van der Waals surface area contributed by atoms with Crippen molar-refractivity contribution in [2.24, 2.45) is 5.16 Å². The van der Waals surface area contributed by atoms with Crippen molar-refractivity contribution in [2.45, 2.75) is 20.5 Å². The topological polar surface area (TPSA) is 78.1 Å². The number of tetrazole rings is 1. The van der Waals surface area contributed by atoms with Crippen LogP contribution in [0.25, 0.3) is 0 Å². The zero-order valence-electron chi connectivity index (χ0n) is 12.9. The fourth-order valence-electron chi connectivity index (χ4n) is 2.07. The summed E-state index contributed by atoms with van der Waals surface area (Å²) in [5.74, 6) is 1.16. The maximum atomic E-state index is 5.48. The van der Waals surface area contributed by atoms with E-state index in [1.165, 1.54) is 0 Å². The number of hydrogen-bond donors (Lipinski definition) is 0. The predicted octanol–water partition coefficient (Wildman–Crippen LogP) is 2.11. The van der Waals surface area contributed by atoms with Gasteiger partial charge < -0.3 is 4.84 Å². The standard InChI is InChI=1S/C16H16N6O/c1-12-7-6-10-15(17-12)11-23-19-16(14-8-4-3-5-9-14)22-13(2)18-20-21-22/h3-10H,11H2,1-2H3. The highest BCUT2D eigenvalue weighted by molar-refractivity contribution is 5.99. The molecule has 0 aliphatic heterocycles. The monoisotopic (exact) mass is 308 g/mol. The van der Waals surface area contributed by atoms with E-state index in [4.69, 9.17) is 4.84 Å². The lowest BCUT2D eigenvalue weighted by Gasteiger charge is -2.07. The molecule has 116 valence electrons. The summed E-state index contributed by atoms with van der Waals surface area (Å²) < 4.78 is 1.54. The largest absolute Gasteiger partial charge is 0.387 e. The van der Waals surface area contributed by atoms with Crippen molar-refractivity contribution in [3.05, 3.63) is 71.3 Å². The van der Waals surface area contributed by atoms with Crippen LogP contribution in [-0.2, 0) is 11.4 Å². The highest BCUT2D eigenvalue weighted by Crippen LogP contribution is 2.07. The fraction of sp³-hybridized carbons (Fsp3) is 0.188. The Bertz CT molecular complexity index is 812. The van der Waals surface area contributed by atoms with Crippen LogP contribution < -0.4 is 0 Å². The van der Waals surface area contributed by atoms with Gasteiger partial charge in [0.25, 0.3) is 0 Å². The van der Waals surface area contributed by atoms with Gasteiger partial charge in [0.05, 0.1) is 5.69 Å². The third-order valence-electron chi connectivity index (χ3n) is 3.17. The Kier molecular flexibility index (Phi) is 4.37. The van der Waals surface area contributed by atoms with E-state index in [1.807, 2.05) is 55.5 Å². The van der Waals surface area contributed by atoms with E-state index < -0.39 is 0 Å². The van der Waals surface area contributed by atoms with Gasteiger partial charge in [-0.25, -0.2) is 0 Å². The second-order valence-corrected chi connectivity index (χ2v) is 4.96. The molecule has 0 fully saturated rings. The molecule has 2 aromatic heterocycles. The Morgan fingerprint density at radius 3 is 2.61 bits per heavy atom. The summed E-state index contributed by atoms with van der Waals surface area (Å²) in [5.41, 5.74) is 2.62.